The van der Waals surface area contributed by atoms with Gasteiger partial charge in [-0.2, -0.15) is 0 Å². The summed E-state index contributed by atoms with van der Waals surface area (Å²) in [6, 6.07) is 0. The summed E-state index contributed by atoms with van der Waals surface area (Å²) in [5.74, 6) is 0.0256. The Kier molecular flexibility index (Phi) is 4.05. The van der Waals surface area contributed by atoms with Gasteiger partial charge in [-0.05, 0) is 6.08 Å². The van der Waals surface area contributed by atoms with E-state index in [1.54, 1.807) is 0 Å². The quantitative estimate of drug-likeness (QED) is 0.518. The zero-order valence-electron chi connectivity index (χ0n) is 7.32. The molecule has 0 radical (unpaired) electrons. The molecule has 4 nitrogen and oxygen atoms in total. The smallest absolute Gasteiger partial charge is 0.330 e. The number of hydrogen-bond acceptors (Lipinski definition) is 4. The van der Waals surface area contributed by atoms with Crippen LogP contribution in [0.5, 0.6) is 0 Å². The molecule has 0 aliphatic carbocycles. The molecule has 0 atom stereocenters. The van der Waals surface area contributed by atoms with Crippen LogP contribution in [0.25, 0.3) is 0 Å². The Balaban J connectivity index is 2.46. The predicted octanol–water partition coefficient (Wildman–Crippen LogP) is 0.646. The maximum atomic E-state index is 10.9. The molecule has 72 valence electrons. The molecule has 0 aromatic carbocycles. The second-order valence-corrected chi connectivity index (χ2v) is 2.43. The van der Waals surface area contributed by atoms with Crippen LogP contribution in [0.4, 0.5) is 0 Å². The van der Waals surface area contributed by atoms with E-state index in [0.717, 1.165) is 0 Å². The highest BCUT2D eigenvalue weighted by atomic mass is 16.6. The van der Waals surface area contributed by atoms with Crippen LogP contribution in [0.15, 0.2) is 24.5 Å². The summed E-state index contributed by atoms with van der Waals surface area (Å²) in [6.45, 7) is 5.17. The van der Waals surface area contributed by atoms with Gasteiger partial charge in [0.05, 0.1) is 13.2 Å². The summed E-state index contributed by atoms with van der Waals surface area (Å²) < 4.78 is 15.0. The molecule has 0 unspecified atom stereocenters. The summed E-state index contributed by atoms with van der Waals surface area (Å²) >= 11 is 0. The van der Waals surface area contributed by atoms with Crippen molar-refractivity contribution < 1.29 is 19.0 Å². The number of carbonyl (C=O) groups excluding carboxylic acids is 1. The molecule has 13 heavy (non-hydrogen) atoms. The molecule has 1 heterocycles. The molecule has 0 fully saturated rings. The Morgan fingerprint density at radius 2 is 1.77 bits per heavy atom. The minimum atomic E-state index is -0.407. The lowest BCUT2D eigenvalue weighted by molar-refractivity contribution is -0.139. The van der Waals surface area contributed by atoms with Crippen LogP contribution in [0.3, 0.4) is 0 Å². The van der Waals surface area contributed by atoms with Crippen molar-refractivity contribution in [3.8, 4) is 0 Å². The highest BCUT2D eigenvalue weighted by Gasteiger charge is 1.99. The highest BCUT2D eigenvalue weighted by Crippen LogP contribution is 1.97. The molecule has 1 aliphatic heterocycles. The lowest BCUT2D eigenvalue weighted by Crippen LogP contribution is -2.10. The molecule has 0 amide bonds. The fraction of sp³-hybridized carbons (Fsp3) is 0.444. The van der Waals surface area contributed by atoms with E-state index in [9.17, 15) is 4.79 Å². The van der Waals surface area contributed by atoms with Crippen molar-refractivity contribution in [2.45, 2.75) is 0 Å². The Morgan fingerprint density at radius 1 is 1.08 bits per heavy atom. The molecule has 0 aromatic heterocycles. The fourth-order valence-electron chi connectivity index (χ4n) is 0.792. The van der Waals surface area contributed by atoms with Gasteiger partial charge in [0.2, 0.25) is 0 Å². The van der Waals surface area contributed by atoms with Gasteiger partial charge < -0.3 is 14.2 Å². The zero-order chi connectivity index (χ0) is 9.52. The zero-order valence-corrected chi connectivity index (χ0v) is 7.32. The Hall–Kier alpha value is -1.29. The van der Waals surface area contributed by atoms with Crippen LogP contribution >= 0.6 is 0 Å². The van der Waals surface area contributed by atoms with Crippen LogP contribution in [0.1, 0.15) is 0 Å². The molecule has 1 rings (SSSR count). The van der Waals surface area contributed by atoms with E-state index in [4.69, 9.17) is 14.2 Å². The van der Waals surface area contributed by atoms with Gasteiger partial charge in [0, 0.05) is 6.08 Å². The van der Waals surface area contributed by atoms with E-state index in [0.29, 0.717) is 25.6 Å². The fourth-order valence-corrected chi connectivity index (χ4v) is 0.792. The molecular weight excluding hydrogens is 172 g/mol. The lowest BCUT2D eigenvalue weighted by atomic mass is 10.4. The average molecular weight is 184 g/mol. The summed E-state index contributed by atoms with van der Waals surface area (Å²) in [5.41, 5.74) is 0. The normalized spacial score (nSPS) is 20.0. The van der Waals surface area contributed by atoms with Crippen molar-refractivity contribution in [1.29, 1.82) is 0 Å². The first-order chi connectivity index (χ1) is 6.29. The second kappa shape index (κ2) is 5.37. The summed E-state index contributed by atoms with van der Waals surface area (Å²) in [5, 5.41) is 0. The number of cyclic esters (lactones) is 1. The minimum Gasteiger partial charge on any atom is -0.492 e. The third-order valence-corrected chi connectivity index (χ3v) is 1.39. The minimum absolute atomic E-state index is 0.273. The van der Waals surface area contributed by atoms with Crippen LogP contribution in [-0.2, 0) is 19.0 Å². The summed E-state index contributed by atoms with van der Waals surface area (Å²) in [7, 11) is 0. The molecule has 4 heteroatoms. The van der Waals surface area contributed by atoms with Gasteiger partial charge in [-0.25, -0.2) is 4.79 Å². The lowest BCUT2D eigenvalue weighted by Gasteiger charge is -2.04. The molecule has 0 spiro atoms. The number of rotatable bonds is 0. The number of carbonyl (C=O) groups is 1. The maximum Gasteiger partial charge on any atom is 0.330 e. The van der Waals surface area contributed by atoms with Crippen LogP contribution in [0.2, 0.25) is 0 Å². The standard InChI is InChI=1S/C9H12O4/c1-8-2-3-9(10)13-7-5-11-4-6-12-8/h2-3H,1,4-7H2. The third kappa shape index (κ3) is 4.32. The van der Waals surface area contributed by atoms with Gasteiger partial charge >= 0.3 is 5.97 Å². The van der Waals surface area contributed by atoms with E-state index in [2.05, 4.69) is 6.58 Å². The number of hydrogen-bond donors (Lipinski definition) is 0. The summed E-state index contributed by atoms with van der Waals surface area (Å²) in [4.78, 5) is 10.9. The number of esters is 1. The van der Waals surface area contributed by atoms with E-state index in [1.165, 1.54) is 12.2 Å². The van der Waals surface area contributed by atoms with Crippen molar-refractivity contribution >= 4 is 5.97 Å². The Bertz CT molecular complexity index is 198. The molecular formula is C9H12O4. The maximum absolute atomic E-state index is 10.9. The first-order valence-electron chi connectivity index (χ1n) is 4.03. The Labute approximate surface area is 76.8 Å². The average Bonchev–Trinajstić information content (AvgIpc) is 2.15. The van der Waals surface area contributed by atoms with Gasteiger partial charge in [-0.3, -0.25) is 0 Å². The second-order valence-electron chi connectivity index (χ2n) is 2.43. The van der Waals surface area contributed by atoms with E-state index < -0.39 is 5.97 Å². The first kappa shape index (κ1) is 9.80. The molecule has 0 aromatic rings. The third-order valence-electron chi connectivity index (χ3n) is 1.39. The van der Waals surface area contributed by atoms with Crippen LogP contribution in [-0.4, -0.2) is 32.4 Å². The molecule has 0 N–H and O–H groups in total. The van der Waals surface area contributed by atoms with Gasteiger partial charge in [0.15, 0.2) is 0 Å². The largest absolute Gasteiger partial charge is 0.492 e. The molecule has 0 bridgehead atoms. The van der Waals surface area contributed by atoms with Crippen LogP contribution < -0.4 is 0 Å². The molecule has 1 aliphatic rings. The topological polar surface area (TPSA) is 44.8 Å². The first-order valence-corrected chi connectivity index (χ1v) is 4.03. The van der Waals surface area contributed by atoms with Crippen molar-refractivity contribution in [3.63, 3.8) is 0 Å². The van der Waals surface area contributed by atoms with Gasteiger partial charge in [0.1, 0.15) is 19.0 Å². The van der Waals surface area contributed by atoms with E-state index in [-0.39, 0.29) is 6.61 Å². The van der Waals surface area contributed by atoms with Gasteiger partial charge in [-0.1, -0.05) is 6.58 Å². The number of ether oxygens (including phenoxy) is 3. The van der Waals surface area contributed by atoms with Crippen molar-refractivity contribution in [3.05, 3.63) is 24.5 Å². The van der Waals surface area contributed by atoms with Crippen LogP contribution in [0, 0.1) is 0 Å². The monoisotopic (exact) mass is 184 g/mol. The van der Waals surface area contributed by atoms with E-state index >= 15 is 0 Å². The Morgan fingerprint density at radius 3 is 2.54 bits per heavy atom. The van der Waals surface area contributed by atoms with E-state index in [1.807, 2.05) is 0 Å². The SMILES string of the molecule is C=C1C=CC(=O)OCCOCCO1. The van der Waals surface area contributed by atoms with Gasteiger partial charge in [-0.15, -0.1) is 0 Å². The predicted molar refractivity (Wildman–Crippen MR) is 46.0 cm³/mol. The molecule has 0 saturated carbocycles. The number of allylic oxidation sites excluding steroid dienone is 1. The van der Waals surface area contributed by atoms with Crippen molar-refractivity contribution in [2.75, 3.05) is 26.4 Å². The van der Waals surface area contributed by atoms with Crippen molar-refractivity contribution in [2.24, 2.45) is 0 Å². The summed E-state index contributed by atoms with van der Waals surface area (Å²) in [6.07, 6.45) is 2.77. The van der Waals surface area contributed by atoms with Crippen molar-refractivity contribution in [1.82, 2.24) is 0 Å². The molecule has 0 saturated heterocycles. The highest BCUT2D eigenvalue weighted by molar-refractivity contribution is 5.82. The van der Waals surface area contributed by atoms with Gasteiger partial charge in [0.25, 0.3) is 0 Å².